The number of fused-ring (bicyclic) bond motifs is 1. The summed E-state index contributed by atoms with van der Waals surface area (Å²) in [6.07, 6.45) is 0.0175. The topological polar surface area (TPSA) is 94.9 Å². The van der Waals surface area contributed by atoms with Crippen molar-refractivity contribution in [1.82, 2.24) is 9.47 Å². The zero-order valence-electron chi connectivity index (χ0n) is 22.1. The largest absolute Gasteiger partial charge is 0.361 e. The molecule has 0 unspecified atom stereocenters. The molecule has 208 valence electrons. The number of para-hydroxylation sites is 1. The number of benzene rings is 2. The third kappa shape index (κ3) is 6.33. The van der Waals surface area contributed by atoms with E-state index >= 15 is 0 Å². The first kappa shape index (κ1) is 29.2. The second kappa shape index (κ2) is 12.1. The lowest BCUT2D eigenvalue weighted by molar-refractivity contribution is -0.137. The maximum Gasteiger partial charge on any atom is 0.361 e. The van der Waals surface area contributed by atoms with Crippen LogP contribution in [-0.2, 0) is 36.2 Å². The number of carbonyl (C=O) groups is 3. The van der Waals surface area contributed by atoms with Crippen molar-refractivity contribution in [1.29, 1.82) is 0 Å². The van der Waals surface area contributed by atoms with Gasteiger partial charge in [0, 0.05) is 40.5 Å². The first-order chi connectivity index (χ1) is 18.6. The van der Waals surface area contributed by atoms with E-state index < -0.39 is 25.7 Å². The van der Waals surface area contributed by atoms with Crippen molar-refractivity contribution < 1.29 is 32.4 Å². The monoisotopic (exact) mass is 576 g/mol. The Morgan fingerprint density at radius 1 is 1.10 bits per heavy atom. The molecule has 1 aliphatic heterocycles. The average Bonchev–Trinajstić information content (AvgIpc) is 3.45. The van der Waals surface area contributed by atoms with E-state index in [1.54, 1.807) is 42.8 Å². The van der Waals surface area contributed by atoms with Gasteiger partial charge < -0.3 is 18.5 Å². The fraction of sp³-hybridized carbons (Fsp3) is 0.393. The SMILES string of the molecule is CCOP(=O)(OCC)c1cc(Cl)cc(CC(=O)[C@@H]2C[C@@H](F)CN2C(=O)Cn2cc(C(C)=O)c3ccccc32)c1. The second-order valence-corrected chi connectivity index (χ2v) is 11.9. The number of rotatable bonds is 11. The van der Waals surface area contributed by atoms with E-state index in [1.807, 2.05) is 18.2 Å². The van der Waals surface area contributed by atoms with Gasteiger partial charge in [0.15, 0.2) is 11.6 Å². The van der Waals surface area contributed by atoms with Crippen LogP contribution in [0.5, 0.6) is 0 Å². The Morgan fingerprint density at radius 3 is 2.46 bits per heavy atom. The summed E-state index contributed by atoms with van der Waals surface area (Å²) < 4.78 is 40.3. The molecule has 2 heterocycles. The molecule has 1 aromatic heterocycles. The van der Waals surface area contributed by atoms with Gasteiger partial charge in [0.2, 0.25) is 5.91 Å². The van der Waals surface area contributed by atoms with E-state index in [0.29, 0.717) is 16.6 Å². The van der Waals surface area contributed by atoms with E-state index in [9.17, 15) is 23.3 Å². The number of ketones is 2. The summed E-state index contributed by atoms with van der Waals surface area (Å²) in [6, 6.07) is 10.8. The van der Waals surface area contributed by atoms with E-state index in [-0.39, 0.29) is 61.0 Å². The van der Waals surface area contributed by atoms with Gasteiger partial charge in [0.05, 0.1) is 31.1 Å². The van der Waals surface area contributed by atoms with E-state index in [0.717, 1.165) is 5.39 Å². The number of aromatic nitrogens is 1. The Hall–Kier alpha value is -2.84. The van der Waals surface area contributed by atoms with Gasteiger partial charge in [-0.15, -0.1) is 0 Å². The lowest BCUT2D eigenvalue weighted by Crippen LogP contribution is -2.42. The Bertz CT molecular complexity index is 1450. The van der Waals surface area contributed by atoms with Crippen LogP contribution in [0.3, 0.4) is 0 Å². The van der Waals surface area contributed by atoms with Gasteiger partial charge in [-0.05, 0) is 50.6 Å². The van der Waals surface area contributed by atoms with Crippen LogP contribution in [0.25, 0.3) is 10.9 Å². The molecule has 2 aromatic carbocycles. The standard InChI is InChI=1S/C28H31ClFN2O6P/c1-4-37-39(36,38-5-2)22-11-19(10-20(29)13-22)12-27(34)26-14-21(30)15-32(26)28(35)17-31-16-24(18(3)33)23-8-6-7-9-25(23)31/h6-11,13,16,21,26H,4-5,12,14-15,17H2,1-3H3/t21-,26+/m1/s1. The first-order valence-electron chi connectivity index (χ1n) is 12.8. The van der Waals surface area contributed by atoms with Crippen molar-refractivity contribution in [2.75, 3.05) is 19.8 Å². The smallest absolute Gasteiger partial charge is 0.337 e. The maximum atomic E-state index is 14.6. The van der Waals surface area contributed by atoms with Gasteiger partial charge >= 0.3 is 7.60 Å². The van der Waals surface area contributed by atoms with Crippen molar-refractivity contribution in [3.8, 4) is 0 Å². The highest BCUT2D eigenvalue weighted by Crippen LogP contribution is 2.47. The molecule has 0 aliphatic carbocycles. The van der Waals surface area contributed by atoms with Crippen LogP contribution >= 0.6 is 19.2 Å². The number of Topliss-reactive ketones (excluding diaryl/α,β-unsaturated/α-hetero) is 2. The molecule has 4 rings (SSSR count). The minimum atomic E-state index is -3.64. The van der Waals surface area contributed by atoms with Crippen LogP contribution in [0.2, 0.25) is 5.02 Å². The molecule has 1 saturated heterocycles. The fourth-order valence-electron chi connectivity index (χ4n) is 5.00. The van der Waals surface area contributed by atoms with Crippen molar-refractivity contribution in [2.24, 2.45) is 0 Å². The molecular formula is C28H31ClFN2O6P. The summed E-state index contributed by atoms with van der Waals surface area (Å²) in [5.41, 5.74) is 1.65. The van der Waals surface area contributed by atoms with E-state index in [1.165, 1.54) is 17.9 Å². The molecule has 0 bridgehead atoms. The fourth-order valence-corrected chi connectivity index (χ4v) is 7.01. The van der Waals surface area contributed by atoms with Gasteiger partial charge in [-0.2, -0.15) is 0 Å². The molecule has 3 aromatic rings. The van der Waals surface area contributed by atoms with Crippen LogP contribution in [-0.4, -0.2) is 58.9 Å². The third-order valence-electron chi connectivity index (χ3n) is 6.65. The van der Waals surface area contributed by atoms with Crippen LogP contribution in [0, 0.1) is 0 Å². The average molecular weight is 577 g/mol. The highest BCUT2D eigenvalue weighted by molar-refractivity contribution is 7.62. The molecular weight excluding hydrogens is 546 g/mol. The van der Waals surface area contributed by atoms with Gasteiger partial charge in [-0.1, -0.05) is 29.8 Å². The van der Waals surface area contributed by atoms with Gasteiger partial charge in [-0.25, -0.2) is 4.39 Å². The number of hydrogen-bond donors (Lipinski definition) is 0. The normalized spacial score (nSPS) is 17.6. The Morgan fingerprint density at radius 2 is 1.79 bits per heavy atom. The van der Waals surface area contributed by atoms with Gasteiger partial charge in [-0.3, -0.25) is 18.9 Å². The van der Waals surface area contributed by atoms with Gasteiger partial charge in [0.1, 0.15) is 12.7 Å². The van der Waals surface area contributed by atoms with Gasteiger partial charge in [0.25, 0.3) is 0 Å². The summed E-state index contributed by atoms with van der Waals surface area (Å²) in [4.78, 5) is 40.1. The number of likely N-dealkylation sites (tertiary alicyclic amines) is 1. The molecule has 0 N–H and O–H groups in total. The molecule has 0 saturated carbocycles. The number of carbonyl (C=O) groups excluding carboxylic acids is 3. The zero-order valence-corrected chi connectivity index (χ0v) is 23.7. The van der Waals surface area contributed by atoms with Crippen molar-refractivity contribution in [3.05, 3.63) is 64.8 Å². The molecule has 11 heteroatoms. The van der Waals surface area contributed by atoms with E-state index in [2.05, 4.69) is 0 Å². The number of nitrogens with zero attached hydrogens (tertiary/aromatic N) is 2. The van der Waals surface area contributed by atoms with E-state index in [4.69, 9.17) is 20.6 Å². The second-order valence-electron chi connectivity index (χ2n) is 9.43. The van der Waals surface area contributed by atoms with Crippen LogP contribution in [0.1, 0.15) is 43.1 Å². The molecule has 8 nitrogen and oxygen atoms in total. The summed E-state index contributed by atoms with van der Waals surface area (Å²) in [6.45, 7) is 4.81. The molecule has 1 amide bonds. The van der Waals surface area contributed by atoms with Crippen molar-refractivity contribution in [3.63, 3.8) is 0 Å². The molecule has 39 heavy (non-hydrogen) atoms. The van der Waals surface area contributed by atoms with Crippen LogP contribution < -0.4 is 5.30 Å². The number of hydrogen-bond acceptors (Lipinski definition) is 6. The summed E-state index contributed by atoms with van der Waals surface area (Å²) in [5.74, 6) is -0.913. The minimum Gasteiger partial charge on any atom is -0.337 e. The zero-order chi connectivity index (χ0) is 28.3. The summed E-state index contributed by atoms with van der Waals surface area (Å²) >= 11 is 6.27. The quantitative estimate of drug-likeness (QED) is 0.232. The number of amides is 1. The van der Waals surface area contributed by atoms with Crippen molar-refractivity contribution in [2.45, 2.75) is 52.4 Å². The summed E-state index contributed by atoms with van der Waals surface area (Å²) in [5, 5.41) is 1.20. The maximum absolute atomic E-state index is 14.6. The Kier molecular flexibility index (Phi) is 9.07. The number of halogens is 2. The highest BCUT2D eigenvalue weighted by Gasteiger charge is 2.39. The first-order valence-corrected chi connectivity index (χ1v) is 14.7. The lowest BCUT2D eigenvalue weighted by Gasteiger charge is -2.24. The molecule has 1 fully saturated rings. The predicted octanol–water partition coefficient (Wildman–Crippen LogP) is 5.14. The molecule has 0 radical (unpaired) electrons. The lowest BCUT2D eigenvalue weighted by atomic mass is 10.0. The highest BCUT2D eigenvalue weighted by atomic mass is 35.5. The Labute approximate surface area is 231 Å². The molecule has 2 atom stereocenters. The molecule has 1 aliphatic rings. The van der Waals surface area contributed by atoms with Crippen LogP contribution in [0.15, 0.2) is 48.7 Å². The van der Waals surface area contributed by atoms with Crippen LogP contribution in [0.4, 0.5) is 4.39 Å². The number of alkyl halides is 1. The predicted molar refractivity (Wildman–Crippen MR) is 148 cm³/mol. The molecule has 0 spiro atoms. The Balaban J connectivity index is 1.56. The summed E-state index contributed by atoms with van der Waals surface area (Å²) in [7, 11) is -3.64. The third-order valence-corrected chi connectivity index (χ3v) is 8.96. The van der Waals surface area contributed by atoms with Crippen molar-refractivity contribution >= 4 is 52.9 Å². The minimum absolute atomic E-state index is 0.112.